The number of benzene rings is 1. The van der Waals surface area contributed by atoms with Crippen LogP contribution in [-0.4, -0.2) is 15.9 Å². The number of rotatable bonds is 3. The summed E-state index contributed by atoms with van der Waals surface area (Å²) in [6.07, 6.45) is 1.64. The Morgan fingerprint density at radius 3 is 2.79 bits per heavy atom. The SMILES string of the molecule is [C-]#[N+]c1[nH]c(=O)c(-c2cc(Cl)ccc2F)cc1Nc1ccnc2c1CC(=O)N2. The van der Waals surface area contributed by atoms with Gasteiger partial charge in [0.1, 0.15) is 11.6 Å². The Kier molecular flexibility index (Phi) is 4.29. The molecule has 0 unspecified atom stereocenters. The molecule has 7 nitrogen and oxygen atoms in total. The van der Waals surface area contributed by atoms with Gasteiger partial charge in [-0.3, -0.25) is 9.78 Å². The third-order valence-corrected chi connectivity index (χ3v) is 4.51. The number of fused-ring (bicyclic) bond motifs is 1. The molecule has 0 saturated carbocycles. The largest absolute Gasteiger partial charge is 0.363 e. The van der Waals surface area contributed by atoms with E-state index in [1.54, 1.807) is 6.07 Å². The fourth-order valence-corrected chi connectivity index (χ4v) is 3.16. The molecule has 0 spiro atoms. The molecule has 1 aliphatic rings. The Hall–Kier alpha value is -3.70. The van der Waals surface area contributed by atoms with Crippen LogP contribution in [0.2, 0.25) is 5.02 Å². The number of amides is 1. The van der Waals surface area contributed by atoms with Gasteiger partial charge in [-0.1, -0.05) is 18.2 Å². The Bertz CT molecular complexity index is 1230. The lowest BCUT2D eigenvalue weighted by molar-refractivity contribution is -0.115. The number of carbonyl (C=O) groups is 1. The molecule has 3 heterocycles. The molecule has 0 atom stereocenters. The van der Waals surface area contributed by atoms with Crippen molar-refractivity contribution in [2.45, 2.75) is 6.42 Å². The standard InChI is InChI=1S/C19H11ClFN5O2/c1-22-18-15(24-14-4-5-23-17-12(14)8-16(27)25-17)7-11(19(28)26-18)10-6-9(20)2-3-13(10)21/h2-7H,8H2,(H,26,28)(H2,23,24,25,27). The van der Waals surface area contributed by atoms with E-state index in [1.807, 2.05) is 0 Å². The van der Waals surface area contributed by atoms with Crippen LogP contribution in [0.25, 0.3) is 16.0 Å². The van der Waals surface area contributed by atoms with E-state index in [0.717, 1.165) is 0 Å². The number of hydrogen-bond acceptors (Lipinski definition) is 4. The predicted molar refractivity (Wildman–Crippen MR) is 104 cm³/mol. The van der Waals surface area contributed by atoms with Crippen LogP contribution in [0.3, 0.4) is 0 Å². The summed E-state index contributed by atoms with van der Waals surface area (Å²) in [6.45, 7) is 7.32. The summed E-state index contributed by atoms with van der Waals surface area (Å²) >= 11 is 5.94. The van der Waals surface area contributed by atoms with Gasteiger partial charge in [-0.2, -0.15) is 0 Å². The van der Waals surface area contributed by atoms with E-state index in [4.69, 9.17) is 18.2 Å². The second-order valence-corrected chi connectivity index (χ2v) is 6.48. The molecule has 1 aromatic carbocycles. The highest BCUT2D eigenvalue weighted by atomic mass is 35.5. The van der Waals surface area contributed by atoms with Gasteiger partial charge in [-0.25, -0.2) is 14.2 Å². The van der Waals surface area contributed by atoms with Crippen molar-refractivity contribution in [1.29, 1.82) is 0 Å². The molecule has 0 radical (unpaired) electrons. The molecule has 28 heavy (non-hydrogen) atoms. The van der Waals surface area contributed by atoms with Crippen LogP contribution < -0.4 is 16.2 Å². The molecule has 0 bridgehead atoms. The zero-order chi connectivity index (χ0) is 19.8. The third kappa shape index (κ3) is 3.08. The molecule has 0 saturated heterocycles. The number of aromatic nitrogens is 2. The second-order valence-electron chi connectivity index (χ2n) is 6.05. The first-order valence-corrected chi connectivity index (χ1v) is 8.49. The molecular formula is C19H11ClFN5O2. The molecule has 3 N–H and O–H groups in total. The van der Waals surface area contributed by atoms with Gasteiger partial charge >= 0.3 is 5.56 Å². The lowest BCUT2D eigenvalue weighted by atomic mass is 10.1. The van der Waals surface area contributed by atoms with E-state index in [-0.39, 0.29) is 40.0 Å². The number of carbonyl (C=O) groups excluding carboxylic acids is 1. The van der Waals surface area contributed by atoms with Crippen molar-refractivity contribution in [2.24, 2.45) is 0 Å². The number of halogens is 2. The maximum absolute atomic E-state index is 14.3. The van der Waals surface area contributed by atoms with E-state index in [9.17, 15) is 14.0 Å². The molecule has 0 fully saturated rings. The highest BCUT2D eigenvalue weighted by Gasteiger charge is 2.23. The maximum Gasteiger partial charge on any atom is 0.324 e. The second kappa shape index (κ2) is 6.79. The van der Waals surface area contributed by atoms with Gasteiger partial charge in [0.15, 0.2) is 0 Å². The van der Waals surface area contributed by atoms with E-state index in [0.29, 0.717) is 17.1 Å². The zero-order valence-electron chi connectivity index (χ0n) is 14.1. The van der Waals surface area contributed by atoms with Crippen molar-refractivity contribution < 1.29 is 9.18 Å². The molecular weight excluding hydrogens is 385 g/mol. The van der Waals surface area contributed by atoms with Gasteiger partial charge in [-0.15, -0.1) is 0 Å². The van der Waals surface area contributed by atoms with Gasteiger partial charge in [0.25, 0.3) is 5.82 Å². The first-order valence-electron chi connectivity index (χ1n) is 8.11. The molecule has 1 amide bonds. The van der Waals surface area contributed by atoms with Crippen LogP contribution in [0.1, 0.15) is 5.56 Å². The van der Waals surface area contributed by atoms with Crippen molar-refractivity contribution in [3.8, 4) is 11.1 Å². The maximum atomic E-state index is 14.3. The first-order chi connectivity index (χ1) is 13.5. The number of H-pyrrole nitrogens is 1. The van der Waals surface area contributed by atoms with E-state index in [2.05, 4.69) is 25.4 Å². The summed E-state index contributed by atoms with van der Waals surface area (Å²) in [5.41, 5.74) is 0.883. The van der Waals surface area contributed by atoms with E-state index < -0.39 is 11.4 Å². The van der Waals surface area contributed by atoms with Crippen molar-refractivity contribution in [3.63, 3.8) is 0 Å². The van der Waals surface area contributed by atoms with Gasteiger partial charge in [0, 0.05) is 28.0 Å². The monoisotopic (exact) mass is 395 g/mol. The summed E-state index contributed by atoms with van der Waals surface area (Å²) < 4.78 is 14.3. The molecule has 1 aliphatic heterocycles. The van der Waals surface area contributed by atoms with Crippen LogP contribution in [0.5, 0.6) is 0 Å². The quantitative estimate of drug-likeness (QED) is 0.584. The summed E-state index contributed by atoms with van der Waals surface area (Å²) in [6, 6.07) is 6.93. The summed E-state index contributed by atoms with van der Waals surface area (Å²) in [4.78, 5) is 33.9. The summed E-state index contributed by atoms with van der Waals surface area (Å²) in [5.74, 6) is -0.412. The van der Waals surface area contributed by atoms with Crippen LogP contribution in [0.15, 0.2) is 41.3 Å². The lowest BCUT2D eigenvalue weighted by Crippen LogP contribution is -2.11. The van der Waals surface area contributed by atoms with Crippen molar-refractivity contribution >= 4 is 40.5 Å². The Morgan fingerprint density at radius 1 is 1.18 bits per heavy atom. The van der Waals surface area contributed by atoms with Crippen molar-refractivity contribution in [1.82, 2.24) is 9.97 Å². The van der Waals surface area contributed by atoms with Crippen molar-refractivity contribution in [3.05, 3.63) is 74.7 Å². The fourth-order valence-electron chi connectivity index (χ4n) is 2.99. The van der Waals surface area contributed by atoms with Crippen LogP contribution >= 0.6 is 11.6 Å². The molecule has 138 valence electrons. The third-order valence-electron chi connectivity index (χ3n) is 4.27. The summed E-state index contributed by atoms with van der Waals surface area (Å²) in [7, 11) is 0. The topological polar surface area (TPSA) is 91.2 Å². The van der Waals surface area contributed by atoms with Crippen LogP contribution in [0.4, 0.5) is 27.4 Å². The number of nitrogens with one attached hydrogen (secondary N) is 3. The Balaban J connectivity index is 1.84. The predicted octanol–water partition coefficient (Wildman–Crippen LogP) is 4.02. The fraction of sp³-hybridized carbons (Fsp3) is 0.0526. The Morgan fingerprint density at radius 2 is 2.00 bits per heavy atom. The first kappa shape index (κ1) is 17.7. The number of aromatic amines is 1. The van der Waals surface area contributed by atoms with Crippen LogP contribution in [0, 0.1) is 12.4 Å². The zero-order valence-corrected chi connectivity index (χ0v) is 14.9. The number of pyridine rings is 2. The molecule has 0 aliphatic carbocycles. The van der Waals surface area contributed by atoms with E-state index in [1.165, 1.54) is 30.5 Å². The Labute approximate surface area is 163 Å². The minimum absolute atomic E-state index is 0.0186. The minimum Gasteiger partial charge on any atom is -0.363 e. The highest BCUT2D eigenvalue weighted by Crippen LogP contribution is 2.34. The average Bonchev–Trinajstić information content (AvgIpc) is 3.06. The number of hydrogen-bond donors (Lipinski definition) is 3. The van der Waals surface area contributed by atoms with Crippen molar-refractivity contribution in [2.75, 3.05) is 10.6 Å². The van der Waals surface area contributed by atoms with Gasteiger partial charge in [0.2, 0.25) is 5.91 Å². The average molecular weight is 396 g/mol. The molecule has 9 heteroatoms. The van der Waals surface area contributed by atoms with Crippen LogP contribution in [-0.2, 0) is 11.2 Å². The number of nitrogens with zero attached hydrogens (tertiary/aromatic N) is 2. The van der Waals surface area contributed by atoms with Gasteiger partial charge < -0.3 is 15.5 Å². The smallest absolute Gasteiger partial charge is 0.324 e. The number of anilines is 3. The van der Waals surface area contributed by atoms with Gasteiger partial charge in [0.05, 0.1) is 17.7 Å². The normalized spacial score (nSPS) is 12.2. The molecule has 4 rings (SSSR count). The van der Waals surface area contributed by atoms with Gasteiger partial charge in [-0.05, 0) is 30.3 Å². The lowest BCUT2D eigenvalue weighted by Gasteiger charge is -2.13. The molecule has 2 aromatic heterocycles. The highest BCUT2D eigenvalue weighted by molar-refractivity contribution is 6.30. The summed E-state index contributed by atoms with van der Waals surface area (Å²) in [5, 5.41) is 5.96. The van der Waals surface area contributed by atoms with E-state index >= 15 is 0 Å². The molecule has 3 aromatic rings. The minimum atomic E-state index is -0.616.